The molecule has 0 unspecified atom stereocenters. The predicted octanol–water partition coefficient (Wildman–Crippen LogP) is 5.82. The monoisotopic (exact) mass is 597 g/mol. The van der Waals surface area contributed by atoms with Crippen molar-refractivity contribution in [3.05, 3.63) is 93.4 Å². The molecule has 10 heteroatoms. The Morgan fingerprint density at radius 2 is 1.84 bits per heavy atom. The number of nitrogens with zero attached hydrogens (tertiary/aromatic N) is 1. The highest BCUT2D eigenvalue weighted by atomic mass is 32.1. The quantitative estimate of drug-likeness (QED) is 0.0910. The molecule has 2 amide bonds. The van der Waals surface area contributed by atoms with E-state index in [0.29, 0.717) is 34.0 Å². The van der Waals surface area contributed by atoms with Crippen LogP contribution in [0.15, 0.2) is 65.8 Å². The van der Waals surface area contributed by atoms with Gasteiger partial charge in [0.2, 0.25) is 0 Å². The molecule has 0 saturated carbocycles. The number of anilines is 1. The number of fused-ring (bicyclic) bond motifs is 2. The van der Waals surface area contributed by atoms with Gasteiger partial charge in [0.1, 0.15) is 10.8 Å². The lowest BCUT2D eigenvalue weighted by Crippen LogP contribution is -2.32. The Morgan fingerprint density at radius 3 is 2.63 bits per heavy atom. The third-order valence-corrected chi connectivity index (χ3v) is 8.34. The first-order valence-corrected chi connectivity index (χ1v) is 14.8. The number of ether oxygens (including phenoxy) is 2. The number of hydrazone groups is 1. The fourth-order valence-electron chi connectivity index (χ4n) is 5.05. The fourth-order valence-corrected chi connectivity index (χ4v) is 6.45. The van der Waals surface area contributed by atoms with Crippen LogP contribution in [0.2, 0.25) is 0 Å². The van der Waals surface area contributed by atoms with Crippen LogP contribution in [0, 0.1) is 12.8 Å². The van der Waals surface area contributed by atoms with Crippen molar-refractivity contribution in [1.82, 2.24) is 5.43 Å². The van der Waals surface area contributed by atoms with Crippen LogP contribution in [0.3, 0.4) is 0 Å². The van der Waals surface area contributed by atoms with Crippen molar-refractivity contribution in [3.8, 4) is 5.75 Å². The van der Waals surface area contributed by atoms with Crippen LogP contribution in [-0.2, 0) is 27.2 Å². The number of carbonyl (C=O) groups excluding carboxylic acids is 4. The lowest BCUT2D eigenvalue weighted by atomic mass is 9.88. The van der Waals surface area contributed by atoms with Gasteiger partial charge >= 0.3 is 23.8 Å². The molecule has 43 heavy (non-hydrogen) atoms. The van der Waals surface area contributed by atoms with Crippen LogP contribution < -0.4 is 15.5 Å². The number of aryl methyl sites for hydroxylation is 1. The summed E-state index contributed by atoms with van der Waals surface area (Å²) in [4.78, 5) is 52.3. The summed E-state index contributed by atoms with van der Waals surface area (Å²) in [5.74, 6) is -2.36. The SMILES string of the molecule is CCOC(=O)c1c(NC(=O)C(=O)N/N=C\c2c(OC(=O)c3cccc(C)c3)ccc3ccccc23)sc2c1CC[C@@H](C)C2. The van der Waals surface area contributed by atoms with Gasteiger partial charge in [-0.15, -0.1) is 11.3 Å². The molecule has 0 saturated heterocycles. The van der Waals surface area contributed by atoms with Gasteiger partial charge in [0.15, 0.2) is 0 Å². The van der Waals surface area contributed by atoms with Crippen molar-refractivity contribution < 1.29 is 28.7 Å². The van der Waals surface area contributed by atoms with E-state index in [0.717, 1.165) is 39.6 Å². The third kappa shape index (κ3) is 6.65. The van der Waals surface area contributed by atoms with Crippen LogP contribution in [-0.4, -0.2) is 36.6 Å². The lowest BCUT2D eigenvalue weighted by Gasteiger charge is -2.18. The molecule has 9 nitrogen and oxygen atoms in total. The Hall–Kier alpha value is -4.83. The van der Waals surface area contributed by atoms with E-state index in [1.165, 1.54) is 17.6 Å². The van der Waals surface area contributed by atoms with Gasteiger partial charge in [-0.2, -0.15) is 5.10 Å². The van der Waals surface area contributed by atoms with Crippen molar-refractivity contribution in [3.63, 3.8) is 0 Å². The van der Waals surface area contributed by atoms with Gasteiger partial charge in [-0.05, 0) is 73.6 Å². The number of hydrogen-bond donors (Lipinski definition) is 2. The van der Waals surface area contributed by atoms with E-state index in [2.05, 4.69) is 22.8 Å². The van der Waals surface area contributed by atoms with Crippen LogP contribution in [0.4, 0.5) is 5.00 Å². The number of esters is 2. The zero-order chi connectivity index (χ0) is 30.5. The molecule has 2 N–H and O–H groups in total. The molecule has 1 aromatic heterocycles. The smallest absolute Gasteiger partial charge is 0.343 e. The van der Waals surface area contributed by atoms with Gasteiger partial charge in [-0.25, -0.2) is 15.0 Å². The van der Waals surface area contributed by atoms with E-state index in [-0.39, 0.29) is 12.4 Å². The standard InChI is InChI=1S/C33H31N3O6S/c1-4-41-33(40)28-24-14-12-20(3)17-27(24)43-31(28)35-29(37)30(38)36-34-18-25-23-11-6-5-9-21(23)13-15-26(25)42-32(39)22-10-7-8-19(2)16-22/h5-11,13,15-16,18,20H,4,12,14,17H2,1-3H3,(H,35,37)(H,36,38)/b34-18-/t20-/m1/s1. The summed E-state index contributed by atoms with van der Waals surface area (Å²) in [6, 6.07) is 18.0. The summed E-state index contributed by atoms with van der Waals surface area (Å²) >= 11 is 1.29. The second-order valence-corrected chi connectivity index (χ2v) is 11.5. The predicted molar refractivity (Wildman–Crippen MR) is 166 cm³/mol. The average Bonchev–Trinajstić information content (AvgIpc) is 3.34. The number of benzene rings is 3. The Bertz CT molecular complexity index is 1760. The molecular formula is C33H31N3O6S. The molecule has 1 aliphatic carbocycles. The van der Waals surface area contributed by atoms with Gasteiger partial charge in [0, 0.05) is 10.4 Å². The highest BCUT2D eigenvalue weighted by molar-refractivity contribution is 7.17. The minimum Gasteiger partial charge on any atom is -0.462 e. The molecule has 220 valence electrons. The highest BCUT2D eigenvalue weighted by Crippen LogP contribution is 2.40. The zero-order valence-corrected chi connectivity index (χ0v) is 24.9. The Balaban J connectivity index is 1.35. The zero-order valence-electron chi connectivity index (χ0n) is 24.1. The van der Waals surface area contributed by atoms with E-state index in [1.54, 1.807) is 31.2 Å². The van der Waals surface area contributed by atoms with E-state index in [9.17, 15) is 19.2 Å². The van der Waals surface area contributed by atoms with Crippen molar-refractivity contribution in [2.75, 3.05) is 11.9 Å². The Kier molecular flexibility index (Phi) is 8.96. The molecule has 0 bridgehead atoms. The van der Waals surface area contributed by atoms with Crippen LogP contribution in [0.25, 0.3) is 10.8 Å². The Labute approximate surface area is 252 Å². The van der Waals surface area contributed by atoms with E-state index < -0.39 is 23.8 Å². The van der Waals surface area contributed by atoms with Gasteiger partial charge in [-0.3, -0.25) is 9.59 Å². The second-order valence-electron chi connectivity index (χ2n) is 10.4. The second kappa shape index (κ2) is 13.0. The highest BCUT2D eigenvalue weighted by Gasteiger charge is 2.30. The number of amides is 2. The van der Waals surface area contributed by atoms with Gasteiger partial charge < -0.3 is 14.8 Å². The molecule has 5 rings (SSSR count). The number of carbonyl (C=O) groups is 4. The Morgan fingerprint density at radius 1 is 1.02 bits per heavy atom. The first-order chi connectivity index (χ1) is 20.7. The molecule has 1 aliphatic rings. The first kappa shape index (κ1) is 29.7. The topological polar surface area (TPSA) is 123 Å². The van der Waals surface area contributed by atoms with Crippen molar-refractivity contribution in [2.24, 2.45) is 11.0 Å². The lowest BCUT2D eigenvalue weighted by molar-refractivity contribution is -0.136. The number of thiophene rings is 1. The maximum absolute atomic E-state index is 12.9. The minimum absolute atomic E-state index is 0.193. The van der Waals surface area contributed by atoms with E-state index in [1.807, 2.05) is 43.3 Å². The molecule has 0 spiro atoms. The van der Waals surface area contributed by atoms with E-state index in [4.69, 9.17) is 9.47 Å². The summed E-state index contributed by atoms with van der Waals surface area (Å²) in [5, 5.41) is 8.48. The summed E-state index contributed by atoms with van der Waals surface area (Å²) in [7, 11) is 0. The third-order valence-electron chi connectivity index (χ3n) is 7.17. The maximum atomic E-state index is 12.9. The summed E-state index contributed by atoms with van der Waals surface area (Å²) < 4.78 is 11.0. The molecule has 0 radical (unpaired) electrons. The van der Waals surface area contributed by atoms with Crippen LogP contribution >= 0.6 is 11.3 Å². The van der Waals surface area contributed by atoms with Crippen LogP contribution in [0.1, 0.15) is 62.6 Å². The van der Waals surface area contributed by atoms with Gasteiger partial charge in [0.05, 0.1) is 23.9 Å². The molecule has 0 fully saturated rings. The number of rotatable bonds is 7. The number of hydrogen-bond acceptors (Lipinski definition) is 8. The van der Waals surface area contributed by atoms with Gasteiger partial charge in [-0.1, -0.05) is 55.0 Å². The molecule has 3 aromatic carbocycles. The average molecular weight is 598 g/mol. The maximum Gasteiger partial charge on any atom is 0.343 e. The van der Waals surface area contributed by atoms with Gasteiger partial charge in [0.25, 0.3) is 0 Å². The van der Waals surface area contributed by atoms with Crippen LogP contribution in [0.5, 0.6) is 5.75 Å². The van der Waals surface area contributed by atoms with Crippen molar-refractivity contribution in [1.29, 1.82) is 0 Å². The minimum atomic E-state index is -1.02. The summed E-state index contributed by atoms with van der Waals surface area (Å²) in [6.07, 6.45) is 3.76. The molecular weight excluding hydrogens is 566 g/mol. The molecule has 0 aliphatic heterocycles. The largest absolute Gasteiger partial charge is 0.462 e. The summed E-state index contributed by atoms with van der Waals surface area (Å²) in [5.41, 5.74) is 5.20. The van der Waals surface area contributed by atoms with E-state index >= 15 is 0 Å². The molecule has 4 aromatic rings. The first-order valence-electron chi connectivity index (χ1n) is 14.0. The summed E-state index contributed by atoms with van der Waals surface area (Å²) in [6.45, 7) is 5.93. The normalized spacial score (nSPS) is 14.3. The van der Waals surface area contributed by atoms with Crippen molar-refractivity contribution in [2.45, 2.75) is 40.0 Å². The molecule has 1 heterocycles. The molecule has 1 atom stereocenters. The number of nitrogens with one attached hydrogen (secondary N) is 2. The fraction of sp³-hybridized carbons (Fsp3) is 0.242. The van der Waals surface area contributed by atoms with Crippen molar-refractivity contribution >= 4 is 57.1 Å².